The van der Waals surface area contributed by atoms with Gasteiger partial charge in [-0.1, -0.05) is 52.7 Å². The molecular weight excluding hydrogens is 224 g/mol. The second kappa shape index (κ2) is 6.94. The highest BCUT2D eigenvalue weighted by Crippen LogP contribution is 2.11. The van der Waals surface area contributed by atoms with Gasteiger partial charge in [0.15, 0.2) is 0 Å². The third-order valence-corrected chi connectivity index (χ3v) is 2.68. The zero-order valence-corrected chi connectivity index (χ0v) is 11.7. The molecule has 0 saturated carbocycles. The molecule has 0 aliphatic heterocycles. The molecule has 2 aromatic rings. The number of nitrogens with zero attached hydrogens (tertiary/aromatic N) is 1. The van der Waals surface area contributed by atoms with Crippen molar-refractivity contribution in [2.24, 2.45) is 0 Å². The average molecular weight is 246 g/mol. The number of fused-ring (bicyclic) bond motifs is 1. The molecule has 0 aliphatic rings. The smallest absolute Gasteiger partial charge is 0.258 e. The molecule has 0 aliphatic carbocycles. The van der Waals surface area contributed by atoms with E-state index in [2.05, 4.69) is 23.8 Å². The lowest BCUT2D eigenvalue weighted by molar-refractivity contribution is 0.776. The van der Waals surface area contributed by atoms with Gasteiger partial charge in [-0.3, -0.25) is 4.79 Å². The van der Waals surface area contributed by atoms with Crippen molar-refractivity contribution in [3.05, 3.63) is 40.4 Å². The van der Waals surface area contributed by atoms with E-state index in [0.29, 0.717) is 5.39 Å². The molecule has 0 atom stereocenters. The van der Waals surface area contributed by atoms with Gasteiger partial charge in [-0.2, -0.15) is 0 Å². The van der Waals surface area contributed by atoms with Crippen LogP contribution in [0, 0.1) is 0 Å². The fourth-order valence-corrected chi connectivity index (χ4v) is 1.38. The number of unbranched alkanes of at least 4 members (excludes halogenated alkanes) is 1. The number of para-hydroxylation sites is 1. The molecule has 98 valence electrons. The molecule has 0 radical (unpaired) electrons. The number of aromatic amines is 1. The summed E-state index contributed by atoms with van der Waals surface area (Å²) in [6, 6.07) is 7.37. The van der Waals surface area contributed by atoms with Crippen LogP contribution in [-0.2, 0) is 0 Å². The summed E-state index contributed by atoms with van der Waals surface area (Å²) < 4.78 is 0. The number of H-pyrrole nitrogens is 1. The summed E-state index contributed by atoms with van der Waals surface area (Å²) in [7, 11) is 0. The number of benzene rings is 1. The van der Waals surface area contributed by atoms with Crippen LogP contribution < -0.4 is 5.56 Å². The zero-order chi connectivity index (χ0) is 13.5. The van der Waals surface area contributed by atoms with E-state index < -0.39 is 0 Å². The molecule has 3 nitrogen and oxygen atoms in total. The highest BCUT2D eigenvalue weighted by atomic mass is 16.1. The number of hydrogen-bond acceptors (Lipinski definition) is 2. The normalized spacial score (nSPS) is 10.3. The van der Waals surface area contributed by atoms with E-state index in [1.54, 1.807) is 6.07 Å². The van der Waals surface area contributed by atoms with Gasteiger partial charge in [0, 0.05) is 5.92 Å². The molecule has 0 fully saturated rings. The second-order valence-corrected chi connectivity index (χ2v) is 4.62. The molecule has 1 aromatic carbocycles. The van der Waals surface area contributed by atoms with Gasteiger partial charge in [0.2, 0.25) is 0 Å². The minimum Gasteiger partial charge on any atom is -0.310 e. The minimum absolute atomic E-state index is 0.0562. The molecule has 0 bridgehead atoms. The minimum atomic E-state index is -0.0562. The quantitative estimate of drug-likeness (QED) is 0.874. The van der Waals surface area contributed by atoms with Crippen molar-refractivity contribution in [1.82, 2.24) is 9.97 Å². The summed E-state index contributed by atoms with van der Waals surface area (Å²) in [5.41, 5.74) is 0.708. The maximum atomic E-state index is 11.6. The first-order valence-electron chi connectivity index (χ1n) is 6.59. The van der Waals surface area contributed by atoms with Crippen LogP contribution in [0.5, 0.6) is 0 Å². The van der Waals surface area contributed by atoms with Gasteiger partial charge in [-0.15, -0.1) is 0 Å². The summed E-state index contributed by atoms with van der Waals surface area (Å²) in [6.07, 6.45) is 2.64. The van der Waals surface area contributed by atoms with E-state index in [1.807, 2.05) is 32.0 Å². The maximum Gasteiger partial charge on any atom is 0.258 e. The van der Waals surface area contributed by atoms with E-state index in [-0.39, 0.29) is 11.5 Å². The van der Waals surface area contributed by atoms with E-state index in [4.69, 9.17) is 0 Å². The fraction of sp³-hybridized carbons (Fsp3) is 0.467. The van der Waals surface area contributed by atoms with Gasteiger partial charge in [-0.05, 0) is 12.1 Å². The molecular formula is C15H22N2O. The molecule has 0 unspecified atom stereocenters. The van der Waals surface area contributed by atoms with Gasteiger partial charge < -0.3 is 4.98 Å². The predicted octanol–water partition coefficient (Wildman–Crippen LogP) is 3.85. The highest BCUT2D eigenvalue weighted by molar-refractivity contribution is 5.77. The van der Waals surface area contributed by atoms with E-state index >= 15 is 0 Å². The SMILES string of the molecule is CC(C)c1nc2ccccc2c(=O)[nH]1.CCCC. The van der Waals surface area contributed by atoms with Crippen LogP contribution in [0.15, 0.2) is 29.1 Å². The van der Waals surface area contributed by atoms with E-state index in [1.165, 1.54) is 12.8 Å². The lowest BCUT2D eigenvalue weighted by Gasteiger charge is -2.04. The van der Waals surface area contributed by atoms with Crippen LogP contribution >= 0.6 is 0 Å². The molecule has 1 heterocycles. The molecule has 1 N–H and O–H groups in total. The average Bonchev–Trinajstić information content (AvgIpc) is 2.39. The van der Waals surface area contributed by atoms with Crippen molar-refractivity contribution < 1.29 is 0 Å². The van der Waals surface area contributed by atoms with Crippen molar-refractivity contribution in [1.29, 1.82) is 0 Å². The Morgan fingerprint density at radius 2 is 1.78 bits per heavy atom. The van der Waals surface area contributed by atoms with Crippen molar-refractivity contribution >= 4 is 10.9 Å². The van der Waals surface area contributed by atoms with Crippen molar-refractivity contribution in [3.8, 4) is 0 Å². The van der Waals surface area contributed by atoms with Crippen LogP contribution in [0.1, 0.15) is 52.3 Å². The van der Waals surface area contributed by atoms with Crippen LogP contribution in [0.4, 0.5) is 0 Å². The highest BCUT2D eigenvalue weighted by Gasteiger charge is 2.05. The first-order chi connectivity index (χ1) is 8.60. The standard InChI is InChI=1S/C11H12N2O.C4H10/c1-7(2)10-12-9-6-4-3-5-8(9)11(14)13-10;1-3-4-2/h3-7H,1-2H3,(H,12,13,14);3-4H2,1-2H3. The Morgan fingerprint density at radius 3 is 2.33 bits per heavy atom. The molecule has 1 aromatic heterocycles. The Kier molecular flexibility index (Phi) is 5.56. The van der Waals surface area contributed by atoms with E-state index in [0.717, 1.165) is 11.3 Å². The monoisotopic (exact) mass is 246 g/mol. The second-order valence-electron chi connectivity index (χ2n) is 4.62. The lowest BCUT2D eigenvalue weighted by Crippen LogP contribution is -2.12. The number of hydrogen-bond donors (Lipinski definition) is 1. The Balaban J connectivity index is 0.000000357. The largest absolute Gasteiger partial charge is 0.310 e. The van der Waals surface area contributed by atoms with Crippen LogP contribution in [0.2, 0.25) is 0 Å². The molecule has 0 saturated heterocycles. The zero-order valence-electron chi connectivity index (χ0n) is 11.7. The molecule has 0 amide bonds. The first-order valence-corrected chi connectivity index (χ1v) is 6.59. The molecule has 3 heteroatoms. The Morgan fingerprint density at radius 1 is 1.17 bits per heavy atom. The number of rotatable bonds is 2. The van der Waals surface area contributed by atoms with Crippen molar-refractivity contribution in [2.75, 3.05) is 0 Å². The summed E-state index contributed by atoms with van der Waals surface area (Å²) in [4.78, 5) is 18.8. The molecule has 0 spiro atoms. The van der Waals surface area contributed by atoms with Gasteiger partial charge in [0.1, 0.15) is 5.82 Å². The van der Waals surface area contributed by atoms with Gasteiger partial charge in [-0.25, -0.2) is 4.98 Å². The van der Waals surface area contributed by atoms with E-state index in [9.17, 15) is 4.79 Å². The van der Waals surface area contributed by atoms with Crippen molar-refractivity contribution in [2.45, 2.75) is 46.5 Å². The number of aromatic nitrogens is 2. The Bertz CT molecular complexity index is 541. The lowest BCUT2D eigenvalue weighted by atomic mass is 10.2. The topological polar surface area (TPSA) is 45.8 Å². The van der Waals surface area contributed by atoms with Gasteiger partial charge in [0.25, 0.3) is 5.56 Å². The maximum absolute atomic E-state index is 11.6. The molecule has 2 rings (SSSR count). The summed E-state index contributed by atoms with van der Waals surface area (Å²) >= 11 is 0. The predicted molar refractivity (Wildman–Crippen MR) is 77.0 cm³/mol. The number of nitrogens with one attached hydrogen (secondary N) is 1. The van der Waals surface area contributed by atoms with Crippen LogP contribution in [0.3, 0.4) is 0 Å². The summed E-state index contributed by atoms with van der Waals surface area (Å²) in [6.45, 7) is 8.38. The first kappa shape index (κ1) is 14.4. The van der Waals surface area contributed by atoms with Gasteiger partial charge in [0.05, 0.1) is 10.9 Å². The summed E-state index contributed by atoms with van der Waals surface area (Å²) in [5, 5.41) is 0.650. The molecule has 18 heavy (non-hydrogen) atoms. The Labute approximate surface area is 108 Å². The van der Waals surface area contributed by atoms with Crippen molar-refractivity contribution in [3.63, 3.8) is 0 Å². The van der Waals surface area contributed by atoms with Crippen LogP contribution in [0.25, 0.3) is 10.9 Å². The fourth-order valence-electron chi connectivity index (χ4n) is 1.38. The Hall–Kier alpha value is -1.64. The van der Waals surface area contributed by atoms with Crippen LogP contribution in [-0.4, -0.2) is 9.97 Å². The summed E-state index contributed by atoms with van der Waals surface area (Å²) in [5.74, 6) is 0.987. The third-order valence-electron chi connectivity index (χ3n) is 2.68. The van der Waals surface area contributed by atoms with Gasteiger partial charge >= 0.3 is 0 Å². The third kappa shape index (κ3) is 3.69.